The van der Waals surface area contributed by atoms with E-state index in [0.717, 1.165) is 68.7 Å². The van der Waals surface area contributed by atoms with Crippen LogP contribution in [0.1, 0.15) is 30.4 Å². The molecule has 0 radical (unpaired) electrons. The Kier molecular flexibility index (Phi) is 12.7. The molecule has 1 heterocycles. The molecule has 206 valence electrons. The van der Waals surface area contributed by atoms with E-state index in [2.05, 4.69) is 11.9 Å². The van der Waals surface area contributed by atoms with Gasteiger partial charge in [-0.15, -0.1) is 12.4 Å². The lowest BCUT2D eigenvalue weighted by atomic mass is 10.0. The molecule has 0 spiro atoms. The molecule has 0 aliphatic carbocycles. The van der Waals surface area contributed by atoms with Crippen molar-refractivity contribution in [1.82, 2.24) is 9.80 Å². The highest BCUT2D eigenvalue weighted by Crippen LogP contribution is 2.33. The predicted molar refractivity (Wildman–Crippen MR) is 147 cm³/mol. The van der Waals surface area contributed by atoms with Crippen molar-refractivity contribution in [3.63, 3.8) is 0 Å². The van der Waals surface area contributed by atoms with Gasteiger partial charge in [-0.2, -0.15) is 0 Å². The van der Waals surface area contributed by atoms with Gasteiger partial charge in [0.05, 0.1) is 41.5 Å². The predicted octanol–water partition coefficient (Wildman–Crippen LogP) is 4.25. The molecule has 1 aliphatic heterocycles. The van der Waals surface area contributed by atoms with Gasteiger partial charge >= 0.3 is 0 Å². The average Bonchev–Trinajstić information content (AvgIpc) is 3.04. The molecular formula is C28H41ClN2O6. The fourth-order valence-electron chi connectivity index (χ4n) is 4.48. The Balaban J connectivity index is 0.00000481. The summed E-state index contributed by atoms with van der Waals surface area (Å²) < 4.78 is 27.3. The van der Waals surface area contributed by atoms with Crippen molar-refractivity contribution in [2.75, 3.05) is 68.3 Å². The Bertz CT molecular complexity index is 1000. The SMILES string of the molecule is COc1ccc(OCCCCN(C)CCCN2CCc3cc(OC)c(OC)cc3CC2=O)cc1OC.Cl. The van der Waals surface area contributed by atoms with Gasteiger partial charge in [-0.25, -0.2) is 0 Å². The monoisotopic (exact) mass is 536 g/mol. The zero-order chi connectivity index (χ0) is 25.9. The number of amides is 1. The number of ether oxygens (including phenoxy) is 5. The van der Waals surface area contributed by atoms with Crippen LogP contribution < -0.4 is 23.7 Å². The summed E-state index contributed by atoms with van der Waals surface area (Å²) in [5, 5.41) is 0. The normalized spacial score (nSPS) is 12.9. The molecule has 0 N–H and O–H groups in total. The van der Waals surface area contributed by atoms with Crippen molar-refractivity contribution < 1.29 is 28.5 Å². The topological polar surface area (TPSA) is 69.7 Å². The molecule has 1 amide bonds. The smallest absolute Gasteiger partial charge is 0.227 e. The summed E-state index contributed by atoms with van der Waals surface area (Å²) in [6.07, 6.45) is 4.20. The lowest BCUT2D eigenvalue weighted by Gasteiger charge is -2.22. The second kappa shape index (κ2) is 15.4. The van der Waals surface area contributed by atoms with Gasteiger partial charge in [0.2, 0.25) is 5.91 Å². The van der Waals surface area contributed by atoms with Crippen LogP contribution in [0.2, 0.25) is 0 Å². The van der Waals surface area contributed by atoms with Crippen LogP contribution in [0.25, 0.3) is 0 Å². The molecular weight excluding hydrogens is 496 g/mol. The number of hydrogen-bond donors (Lipinski definition) is 0. The number of carbonyl (C=O) groups excluding carboxylic acids is 1. The van der Waals surface area contributed by atoms with Crippen molar-refractivity contribution in [3.8, 4) is 28.7 Å². The first-order chi connectivity index (χ1) is 17.5. The highest BCUT2D eigenvalue weighted by Gasteiger charge is 2.22. The molecule has 0 unspecified atom stereocenters. The van der Waals surface area contributed by atoms with Gasteiger partial charge in [0.25, 0.3) is 0 Å². The molecule has 1 aliphatic rings. The molecule has 0 saturated heterocycles. The summed E-state index contributed by atoms with van der Waals surface area (Å²) in [5.41, 5.74) is 2.20. The van der Waals surface area contributed by atoms with Gasteiger partial charge < -0.3 is 33.5 Å². The summed E-state index contributed by atoms with van der Waals surface area (Å²) in [5.74, 6) is 3.71. The van der Waals surface area contributed by atoms with Gasteiger partial charge in [-0.1, -0.05) is 0 Å². The lowest BCUT2D eigenvalue weighted by molar-refractivity contribution is -0.130. The molecule has 2 aromatic rings. The van der Waals surface area contributed by atoms with E-state index < -0.39 is 0 Å². The second-order valence-electron chi connectivity index (χ2n) is 9.01. The van der Waals surface area contributed by atoms with Crippen LogP contribution in [0.5, 0.6) is 28.7 Å². The van der Waals surface area contributed by atoms with Gasteiger partial charge in [-0.05, 0) is 81.2 Å². The Morgan fingerprint density at radius 2 is 1.43 bits per heavy atom. The van der Waals surface area contributed by atoms with Crippen LogP contribution in [0, 0.1) is 0 Å². The minimum absolute atomic E-state index is 0. The summed E-state index contributed by atoms with van der Waals surface area (Å²) >= 11 is 0. The van der Waals surface area contributed by atoms with Gasteiger partial charge in [-0.3, -0.25) is 4.79 Å². The zero-order valence-corrected chi connectivity index (χ0v) is 23.5. The third-order valence-electron chi connectivity index (χ3n) is 6.58. The van der Waals surface area contributed by atoms with Crippen molar-refractivity contribution in [2.45, 2.75) is 32.1 Å². The minimum Gasteiger partial charge on any atom is -0.493 e. The maximum atomic E-state index is 12.9. The van der Waals surface area contributed by atoms with Crippen molar-refractivity contribution >= 4 is 18.3 Å². The van der Waals surface area contributed by atoms with Crippen LogP contribution >= 0.6 is 12.4 Å². The Hall–Kier alpha value is -2.84. The number of rotatable bonds is 14. The highest BCUT2D eigenvalue weighted by molar-refractivity contribution is 5.85. The highest BCUT2D eigenvalue weighted by atomic mass is 35.5. The van der Waals surface area contributed by atoms with Crippen molar-refractivity contribution in [1.29, 1.82) is 0 Å². The first kappa shape index (κ1) is 30.4. The minimum atomic E-state index is 0. The van der Waals surface area contributed by atoms with Crippen molar-refractivity contribution in [3.05, 3.63) is 41.5 Å². The van der Waals surface area contributed by atoms with E-state index in [4.69, 9.17) is 23.7 Å². The largest absolute Gasteiger partial charge is 0.493 e. The summed E-state index contributed by atoms with van der Waals surface area (Å²) in [7, 11) is 8.63. The fraction of sp³-hybridized carbons (Fsp3) is 0.536. The van der Waals surface area contributed by atoms with E-state index in [1.165, 1.54) is 0 Å². The number of carbonyl (C=O) groups is 1. The zero-order valence-electron chi connectivity index (χ0n) is 22.7. The van der Waals surface area contributed by atoms with Crippen LogP contribution in [0.3, 0.4) is 0 Å². The number of nitrogens with zero attached hydrogens (tertiary/aromatic N) is 2. The summed E-state index contributed by atoms with van der Waals surface area (Å²) in [6.45, 7) is 4.11. The standard InChI is InChI=1S/C28H40N2O6.ClH/c1-29(12-6-7-16-36-23-9-10-24(32-2)27(20-23)35-5)13-8-14-30-15-11-21-17-25(33-3)26(34-4)18-22(21)19-28(30)31;/h9-10,17-18,20H,6-8,11-16,19H2,1-5H3;1H. The first-order valence-electron chi connectivity index (χ1n) is 12.5. The Morgan fingerprint density at radius 3 is 2.11 bits per heavy atom. The number of hydrogen-bond acceptors (Lipinski definition) is 7. The average molecular weight is 537 g/mol. The third-order valence-corrected chi connectivity index (χ3v) is 6.58. The molecule has 0 bridgehead atoms. The molecule has 3 rings (SSSR count). The molecule has 9 heteroatoms. The Morgan fingerprint density at radius 1 is 0.811 bits per heavy atom. The van der Waals surface area contributed by atoms with E-state index in [9.17, 15) is 4.79 Å². The molecule has 8 nitrogen and oxygen atoms in total. The second-order valence-corrected chi connectivity index (χ2v) is 9.01. The number of methoxy groups -OCH3 is 4. The first-order valence-corrected chi connectivity index (χ1v) is 12.5. The van der Waals surface area contributed by atoms with Crippen molar-refractivity contribution in [2.24, 2.45) is 0 Å². The van der Waals surface area contributed by atoms with Crippen LogP contribution in [-0.2, 0) is 17.6 Å². The molecule has 0 aromatic heterocycles. The molecule has 0 fully saturated rings. The molecule has 0 saturated carbocycles. The summed E-state index contributed by atoms with van der Waals surface area (Å²) in [6, 6.07) is 9.54. The van der Waals surface area contributed by atoms with Crippen LogP contribution in [0.15, 0.2) is 30.3 Å². The number of halogens is 1. The quantitative estimate of drug-likeness (QED) is 0.334. The summed E-state index contributed by atoms with van der Waals surface area (Å²) in [4.78, 5) is 17.2. The number of fused-ring (bicyclic) bond motifs is 1. The van der Waals surface area contributed by atoms with E-state index in [1.807, 2.05) is 35.2 Å². The number of benzene rings is 2. The van der Waals surface area contributed by atoms with E-state index in [-0.39, 0.29) is 18.3 Å². The molecule has 0 atom stereocenters. The van der Waals surface area contributed by atoms with E-state index in [1.54, 1.807) is 28.4 Å². The maximum absolute atomic E-state index is 12.9. The fourth-order valence-corrected chi connectivity index (χ4v) is 4.48. The van der Waals surface area contributed by atoms with Crippen LogP contribution in [0.4, 0.5) is 0 Å². The maximum Gasteiger partial charge on any atom is 0.227 e. The third kappa shape index (κ3) is 8.61. The van der Waals surface area contributed by atoms with Gasteiger partial charge in [0.15, 0.2) is 23.0 Å². The molecule has 37 heavy (non-hydrogen) atoms. The van der Waals surface area contributed by atoms with Gasteiger partial charge in [0, 0.05) is 19.2 Å². The number of unbranched alkanes of at least 4 members (excludes halogenated alkanes) is 1. The van der Waals surface area contributed by atoms with Gasteiger partial charge in [0.1, 0.15) is 5.75 Å². The van der Waals surface area contributed by atoms with E-state index in [0.29, 0.717) is 36.0 Å². The molecule has 2 aromatic carbocycles. The Labute approximate surface area is 227 Å². The van der Waals surface area contributed by atoms with Crippen LogP contribution in [-0.4, -0.2) is 84.0 Å². The lowest BCUT2D eigenvalue weighted by Crippen LogP contribution is -2.35. The van der Waals surface area contributed by atoms with E-state index >= 15 is 0 Å².